The Bertz CT molecular complexity index is 1770. The maximum Gasteiger partial charge on any atom is 0.251 e. The highest BCUT2D eigenvalue weighted by Crippen LogP contribution is 2.38. The Morgan fingerprint density at radius 3 is 2.78 bits per heavy atom. The number of nitrogens with one attached hydrogen (secondary N) is 1. The lowest BCUT2D eigenvalue weighted by molar-refractivity contribution is 0.0950. The Morgan fingerprint density at radius 2 is 1.93 bits per heavy atom. The molecule has 3 aliphatic heterocycles. The summed E-state index contributed by atoms with van der Waals surface area (Å²) in [6, 6.07) is 12.7. The average molecular weight is 571 g/mol. The summed E-state index contributed by atoms with van der Waals surface area (Å²) in [5.41, 5.74) is 4.86. The van der Waals surface area contributed by atoms with Crippen molar-refractivity contribution < 1.29 is 17.9 Å². The Kier molecular flexibility index (Phi) is 6.55. The van der Waals surface area contributed by atoms with E-state index in [0.29, 0.717) is 11.3 Å². The van der Waals surface area contributed by atoms with E-state index < -0.39 is 9.84 Å². The van der Waals surface area contributed by atoms with E-state index in [1.807, 2.05) is 24.4 Å². The van der Waals surface area contributed by atoms with E-state index in [1.54, 1.807) is 18.3 Å². The molecule has 4 aromatic rings. The van der Waals surface area contributed by atoms with Gasteiger partial charge in [0.1, 0.15) is 11.6 Å². The third-order valence-electron chi connectivity index (χ3n) is 8.01. The molecule has 0 aliphatic carbocycles. The number of sulfone groups is 1. The Balaban J connectivity index is 1.11. The summed E-state index contributed by atoms with van der Waals surface area (Å²) in [7, 11) is -3.50. The number of rotatable bonds is 5. The van der Waals surface area contributed by atoms with Gasteiger partial charge in [-0.2, -0.15) is 0 Å². The second-order valence-corrected chi connectivity index (χ2v) is 12.7. The van der Waals surface area contributed by atoms with Crippen LogP contribution in [-0.4, -0.2) is 61.3 Å². The zero-order valence-electron chi connectivity index (χ0n) is 22.5. The molecule has 0 atom stereocenters. The molecule has 0 spiro atoms. The summed E-state index contributed by atoms with van der Waals surface area (Å²) in [6.45, 7) is 3.57. The Morgan fingerprint density at radius 1 is 1.02 bits per heavy atom. The smallest absolute Gasteiger partial charge is 0.251 e. The molecule has 0 radical (unpaired) electrons. The maximum absolute atomic E-state index is 12.9. The lowest BCUT2D eigenvalue weighted by Crippen LogP contribution is -2.38. The number of aromatic nitrogens is 3. The normalized spacial score (nSPS) is 17.8. The molecular weight excluding hydrogens is 540 g/mol. The fourth-order valence-electron chi connectivity index (χ4n) is 5.67. The molecule has 210 valence electrons. The van der Waals surface area contributed by atoms with Gasteiger partial charge in [-0.25, -0.2) is 18.4 Å². The molecular formula is C30H30N6O4S. The molecule has 10 nitrogen and oxygen atoms in total. The molecule has 1 N–H and O–H groups in total. The quantitative estimate of drug-likeness (QED) is 0.384. The summed E-state index contributed by atoms with van der Waals surface area (Å²) in [5, 5.41) is 3.77. The minimum atomic E-state index is -3.50. The fourth-order valence-corrected chi connectivity index (χ4v) is 7.06. The van der Waals surface area contributed by atoms with Crippen molar-refractivity contribution in [1.82, 2.24) is 20.3 Å². The number of nitrogens with zero attached hydrogens (tertiary/aromatic N) is 5. The number of carbonyl (C=O) groups excluding carboxylic acids is 1. The maximum atomic E-state index is 12.9. The lowest BCUT2D eigenvalue weighted by Gasteiger charge is -2.38. The number of carbonyl (C=O) groups is 1. The first-order chi connectivity index (χ1) is 20.0. The number of benzene rings is 1. The van der Waals surface area contributed by atoms with Crippen molar-refractivity contribution in [3.05, 3.63) is 77.2 Å². The van der Waals surface area contributed by atoms with Crippen molar-refractivity contribution in [2.45, 2.75) is 37.3 Å². The highest BCUT2D eigenvalue weighted by Gasteiger charge is 2.27. The number of pyridine rings is 3. The fraction of sp³-hybridized carbons (Fsp3) is 0.333. The van der Waals surface area contributed by atoms with Crippen LogP contribution >= 0.6 is 0 Å². The first-order valence-corrected chi connectivity index (χ1v) is 15.6. The molecule has 11 heteroatoms. The van der Waals surface area contributed by atoms with Gasteiger partial charge in [0.15, 0.2) is 9.84 Å². The summed E-state index contributed by atoms with van der Waals surface area (Å²) in [5.74, 6) is 1.34. The van der Waals surface area contributed by atoms with Crippen LogP contribution < -0.4 is 15.1 Å². The molecule has 1 amide bonds. The van der Waals surface area contributed by atoms with E-state index in [1.165, 1.54) is 23.7 Å². The summed E-state index contributed by atoms with van der Waals surface area (Å²) < 4.78 is 30.6. The lowest BCUT2D eigenvalue weighted by atomic mass is 10.0. The van der Waals surface area contributed by atoms with Gasteiger partial charge in [-0.1, -0.05) is 6.07 Å². The molecule has 6 heterocycles. The number of hydrogen-bond donors (Lipinski definition) is 1. The van der Waals surface area contributed by atoms with E-state index in [9.17, 15) is 13.2 Å². The minimum absolute atomic E-state index is 0.0975. The number of fused-ring (bicyclic) bond motifs is 3. The molecule has 0 unspecified atom stereocenters. The second-order valence-electron chi connectivity index (χ2n) is 10.6. The first kappa shape index (κ1) is 25.8. The van der Waals surface area contributed by atoms with E-state index >= 15 is 0 Å². The van der Waals surface area contributed by atoms with Gasteiger partial charge in [-0.05, 0) is 61.2 Å². The molecule has 3 aromatic heterocycles. The van der Waals surface area contributed by atoms with Crippen LogP contribution in [-0.2, 0) is 34.1 Å². The van der Waals surface area contributed by atoms with Crippen LogP contribution in [0.15, 0.2) is 59.8 Å². The zero-order chi connectivity index (χ0) is 28.0. The Hall–Kier alpha value is -4.09. The Labute approximate surface area is 238 Å². The highest BCUT2D eigenvalue weighted by atomic mass is 32.2. The molecule has 1 saturated heterocycles. The van der Waals surface area contributed by atoms with Crippen molar-refractivity contribution in [2.24, 2.45) is 0 Å². The van der Waals surface area contributed by atoms with Crippen molar-refractivity contribution in [2.75, 3.05) is 41.8 Å². The highest BCUT2D eigenvalue weighted by molar-refractivity contribution is 7.91. The van der Waals surface area contributed by atoms with Crippen LogP contribution in [0, 0.1) is 0 Å². The molecule has 1 fully saturated rings. The van der Waals surface area contributed by atoms with Gasteiger partial charge >= 0.3 is 0 Å². The molecule has 41 heavy (non-hydrogen) atoms. The van der Waals surface area contributed by atoms with Crippen LogP contribution in [0.3, 0.4) is 0 Å². The minimum Gasteiger partial charge on any atom is -0.376 e. The van der Waals surface area contributed by atoms with E-state index in [2.05, 4.69) is 26.2 Å². The first-order valence-electron chi connectivity index (χ1n) is 13.9. The van der Waals surface area contributed by atoms with Gasteiger partial charge in [0, 0.05) is 54.2 Å². The van der Waals surface area contributed by atoms with E-state index in [-0.39, 0.29) is 41.9 Å². The van der Waals surface area contributed by atoms with Gasteiger partial charge < -0.3 is 19.9 Å². The van der Waals surface area contributed by atoms with Gasteiger partial charge in [0.25, 0.3) is 5.91 Å². The molecule has 0 saturated carbocycles. The third kappa shape index (κ3) is 4.89. The number of anilines is 3. The van der Waals surface area contributed by atoms with Gasteiger partial charge in [-0.15, -0.1) is 0 Å². The van der Waals surface area contributed by atoms with Crippen molar-refractivity contribution in [3.63, 3.8) is 0 Å². The largest absolute Gasteiger partial charge is 0.376 e. The molecule has 3 aliphatic rings. The summed E-state index contributed by atoms with van der Waals surface area (Å²) in [6.07, 6.45) is 6.92. The van der Waals surface area contributed by atoms with Gasteiger partial charge in [0.2, 0.25) is 0 Å². The van der Waals surface area contributed by atoms with E-state index in [4.69, 9.17) is 14.7 Å². The van der Waals surface area contributed by atoms with Crippen LogP contribution in [0.5, 0.6) is 0 Å². The van der Waals surface area contributed by atoms with Gasteiger partial charge in [0.05, 0.1) is 41.6 Å². The standard InChI is InChI=1S/C30H30N6O4S/c37-30(20-4-5-22-19-40-13-14-41(38,39)27(22)15-20)33-18-23-16-25-21(17-32-23)6-7-28(34-25)36-12-1-3-24-26(35-10-2-11-35)8-9-31-29(24)36/h4-9,15-17H,1-3,10-14,18-19H2,(H,33,37). The predicted octanol–water partition coefficient (Wildman–Crippen LogP) is 3.55. The number of amides is 1. The third-order valence-corrected chi connectivity index (χ3v) is 9.76. The van der Waals surface area contributed by atoms with Crippen LogP contribution in [0.1, 0.15) is 40.0 Å². The predicted molar refractivity (Wildman–Crippen MR) is 155 cm³/mol. The SMILES string of the molecule is O=C(NCc1cc2nc(N3CCCc4c(N5CCC5)ccnc43)ccc2cn1)c1ccc2c(c1)S(=O)(=O)CCOC2. The average Bonchev–Trinajstić information content (AvgIpc) is 3.11. The summed E-state index contributed by atoms with van der Waals surface area (Å²) in [4.78, 5) is 31.9. The van der Waals surface area contributed by atoms with Gasteiger partial charge in [-0.3, -0.25) is 9.78 Å². The number of ether oxygens (including phenoxy) is 1. The van der Waals surface area contributed by atoms with Crippen molar-refractivity contribution in [3.8, 4) is 0 Å². The molecule has 7 rings (SSSR count). The van der Waals surface area contributed by atoms with Crippen molar-refractivity contribution >= 4 is 44.0 Å². The summed E-state index contributed by atoms with van der Waals surface area (Å²) >= 11 is 0. The van der Waals surface area contributed by atoms with Crippen LogP contribution in [0.25, 0.3) is 10.9 Å². The molecule has 1 aromatic carbocycles. The number of hydrogen-bond acceptors (Lipinski definition) is 9. The van der Waals surface area contributed by atoms with E-state index in [0.717, 1.165) is 55.0 Å². The topological polar surface area (TPSA) is 118 Å². The monoisotopic (exact) mass is 570 g/mol. The second kappa shape index (κ2) is 10.4. The molecule has 0 bridgehead atoms. The van der Waals surface area contributed by atoms with Crippen LogP contribution in [0.2, 0.25) is 0 Å². The zero-order valence-corrected chi connectivity index (χ0v) is 23.4. The van der Waals surface area contributed by atoms with Crippen LogP contribution in [0.4, 0.5) is 17.3 Å². The van der Waals surface area contributed by atoms with Crippen molar-refractivity contribution in [1.29, 1.82) is 0 Å².